The number of aromatic nitrogens is 1. The quantitative estimate of drug-likeness (QED) is 0.349. The third kappa shape index (κ3) is 7.31. The zero-order valence-electron chi connectivity index (χ0n) is 20.6. The first kappa shape index (κ1) is 27.9. The van der Waals surface area contributed by atoms with E-state index in [9.17, 15) is 9.59 Å². The summed E-state index contributed by atoms with van der Waals surface area (Å²) in [5.74, 6) is -0.704. The van der Waals surface area contributed by atoms with Crippen molar-refractivity contribution in [1.82, 2.24) is 9.47 Å². The lowest BCUT2D eigenvalue weighted by molar-refractivity contribution is -0.147. The van der Waals surface area contributed by atoms with Gasteiger partial charge in [-0.1, -0.05) is 25.4 Å². The van der Waals surface area contributed by atoms with Crippen molar-refractivity contribution in [3.05, 3.63) is 64.3 Å². The average Bonchev–Trinajstić information content (AvgIpc) is 3.09. The first-order valence-electron chi connectivity index (χ1n) is 11.2. The number of ether oxygens (including phenoxy) is 2. The Balaban J connectivity index is 0.00000100. The Morgan fingerprint density at radius 2 is 1.66 bits per heavy atom. The summed E-state index contributed by atoms with van der Waals surface area (Å²) in [6.45, 7) is 8.81. The molecule has 0 aliphatic rings. The molecule has 8 nitrogen and oxygen atoms in total. The zero-order valence-corrected chi connectivity index (χ0v) is 21.4. The van der Waals surface area contributed by atoms with Crippen LogP contribution < -0.4 is 4.74 Å². The summed E-state index contributed by atoms with van der Waals surface area (Å²) in [6.07, 6.45) is 0.0671. The molecule has 0 aliphatic heterocycles. The summed E-state index contributed by atoms with van der Waals surface area (Å²) in [6, 6.07) is 12.2. The first-order valence-corrected chi connectivity index (χ1v) is 11.6. The molecule has 1 aromatic heterocycles. The lowest BCUT2D eigenvalue weighted by atomic mass is 10.1. The van der Waals surface area contributed by atoms with Crippen LogP contribution in [0.2, 0.25) is 5.02 Å². The number of carboxylic acid groups (broad SMARTS) is 1. The van der Waals surface area contributed by atoms with Crippen LogP contribution in [0.25, 0.3) is 10.9 Å². The SMILES string of the molecule is CC(=O)O.CCN(CC)COC(=O)Cc1c(C)n(C(=O)c2ccc(Cl)cc2)c2ccc(OC)cc12. The van der Waals surface area contributed by atoms with Crippen LogP contribution in [0.3, 0.4) is 0 Å². The van der Waals surface area contributed by atoms with Crippen molar-refractivity contribution in [2.75, 3.05) is 26.9 Å². The highest BCUT2D eigenvalue weighted by Crippen LogP contribution is 2.31. The van der Waals surface area contributed by atoms with Crippen molar-refractivity contribution in [2.24, 2.45) is 0 Å². The van der Waals surface area contributed by atoms with Gasteiger partial charge in [-0.2, -0.15) is 0 Å². The molecule has 3 rings (SSSR count). The summed E-state index contributed by atoms with van der Waals surface area (Å²) in [5, 5.41) is 8.77. The maximum atomic E-state index is 13.3. The molecule has 188 valence electrons. The van der Waals surface area contributed by atoms with Gasteiger partial charge in [-0.3, -0.25) is 23.9 Å². The summed E-state index contributed by atoms with van der Waals surface area (Å²) in [4.78, 5) is 36.9. The smallest absolute Gasteiger partial charge is 0.311 e. The van der Waals surface area contributed by atoms with Gasteiger partial charge in [-0.15, -0.1) is 0 Å². The molecule has 0 saturated heterocycles. The van der Waals surface area contributed by atoms with Crippen LogP contribution in [0.5, 0.6) is 5.75 Å². The highest BCUT2D eigenvalue weighted by molar-refractivity contribution is 6.30. The van der Waals surface area contributed by atoms with Gasteiger partial charge in [0.25, 0.3) is 11.9 Å². The van der Waals surface area contributed by atoms with E-state index >= 15 is 0 Å². The second kappa shape index (κ2) is 12.9. The minimum Gasteiger partial charge on any atom is -0.497 e. The van der Waals surface area contributed by atoms with E-state index in [4.69, 9.17) is 31.0 Å². The van der Waals surface area contributed by atoms with Gasteiger partial charge in [-0.25, -0.2) is 0 Å². The Morgan fingerprint density at radius 1 is 1.06 bits per heavy atom. The molecule has 0 radical (unpaired) electrons. The number of esters is 1. The van der Waals surface area contributed by atoms with Crippen molar-refractivity contribution < 1.29 is 29.0 Å². The highest BCUT2D eigenvalue weighted by Gasteiger charge is 2.22. The fraction of sp³-hybridized carbons (Fsp3) is 0.346. The van der Waals surface area contributed by atoms with E-state index < -0.39 is 5.97 Å². The largest absolute Gasteiger partial charge is 0.497 e. The minimum absolute atomic E-state index is 0.0671. The second-order valence-corrected chi connectivity index (χ2v) is 8.18. The van der Waals surface area contributed by atoms with Gasteiger partial charge >= 0.3 is 5.97 Å². The maximum absolute atomic E-state index is 13.3. The number of fused-ring (bicyclic) bond motifs is 1. The lowest BCUT2D eigenvalue weighted by Gasteiger charge is -2.17. The van der Waals surface area contributed by atoms with Crippen LogP contribution in [0, 0.1) is 6.92 Å². The molecule has 2 aromatic carbocycles. The molecule has 0 unspecified atom stereocenters. The van der Waals surface area contributed by atoms with E-state index in [2.05, 4.69) is 0 Å². The summed E-state index contributed by atoms with van der Waals surface area (Å²) < 4.78 is 12.5. The summed E-state index contributed by atoms with van der Waals surface area (Å²) in [7, 11) is 1.59. The van der Waals surface area contributed by atoms with Crippen molar-refractivity contribution in [3.63, 3.8) is 0 Å². The number of halogens is 1. The van der Waals surface area contributed by atoms with Gasteiger partial charge in [0.2, 0.25) is 0 Å². The molecule has 0 atom stereocenters. The average molecular weight is 503 g/mol. The predicted octanol–water partition coefficient (Wildman–Crippen LogP) is 4.78. The number of hydrogen-bond acceptors (Lipinski definition) is 6. The number of methoxy groups -OCH3 is 1. The number of benzene rings is 2. The fourth-order valence-electron chi connectivity index (χ4n) is 3.56. The number of hydrogen-bond donors (Lipinski definition) is 1. The third-order valence-corrected chi connectivity index (χ3v) is 5.71. The Labute approximate surface area is 210 Å². The fourth-order valence-corrected chi connectivity index (χ4v) is 3.69. The zero-order chi connectivity index (χ0) is 26.1. The normalized spacial score (nSPS) is 10.6. The summed E-state index contributed by atoms with van der Waals surface area (Å²) in [5.41, 5.74) is 2.67. The molecule has 0 amide bonds. The molecule has 0 spiro atoms. The van der Waals surface area contributed by atoms with Gasteiger partial charge < -0.3 is 14.6 Å². The highest BCUT2D eigenvalue weighted by atomic mass is 35.5. The first-order chi connectivity index (χ1) is 16.6. The van der Waals surface area contributed by atoms with Gasteiger partial charge in [0.1, 0.15) is 12.5 Å². The van der Waals surface area contributed by atoms with Gasteiger partial charge in [-0.05, 0) is 68.0 Å². The topological polar surface area (TPSA) is 98.1 Å². The Bertz CT molecular complexity index is 1180. The predicted molar refractivity (Wildman–Crippen MR) is 135 cm³/mol. The van der Waals surface area contributed by atoms with Crippen LogP contribution in [0.15, 0.2) is 42.5 Å². The molecule has 0 saturated carbocycles. The summed E-state index contributed by atoms with van der Waals surface area (Å²) >= 11 is 5.97. The molecular weight excluding hydrogens is 472 g/mol. The van der Waals surface area contributed by atoms with E-state index in [1.54, 1.807) is 42.0 Å². The van der Waals surface area contributed by atoms with Crippen molar-refractivity contribution in [3.8, 4) is 5.75 Å². The van der Waals surface area contributed by atoms with Crippen LogP contribution in [0.4, 0.5) is 0 Å². The van der Waals surface area contributed by atoms with Crippen LogP contribution >= 0.6 is 11.6 Å². The van der Waals surface area contributed by atoms with Crippen LogP contribution in [0.1, 0.15) is 42.4 Å². The van der Waals surface area contributed by atoms with E-state index in [1.165, 1.54) is 0 Å². The Kier molecular flexibility index (Phi) is 10.3. The molecule has 1 heterocycles. The number of nitrogens with zero attached hydrogens (tertiary/aromatic N) is 2. The second-order valence-electron chi connectivity index (χ2n) is 7.74. The molecule has 0 fully saturated rings. The van der Waals surface area contributed by atoms with Gasteiger partial charge in [0.15, 0.2) is 0 Å². The van der Waals surface area contributed by atoms with Crippen molar-refractivity contribution in [1.29, 1.82) is 0 Å². The Hall–Kier alpha value is -3.36. The maximum Gasteiger partial charge on any atom is 0.311 e. The number of rotatable bonds is 8. The van der Waals surface area contributed by atoms with Gasteiger partial charge in [0.05, 0.1) is 19.0 Å². The van der Waals surface area contributed by atoms with E-state index in [0.29, 0.717) is 27.5 Å². The molecule has 0 bridgehead atoms. The van der Waals surface area contributed by atoms with E-state index in [0.717, 1.165) is 31.0 Å². The molecule has 1 N–H and O–H groups in total. The number of carbonyl (C=O) groups excluding carboxylic acids is 2. The molecule has 3 aromatic rings. The van der Waals surface area contributed by atoms with Gasteiger partial charge in [0, 0.05) is 28.6 Å². The molecule has 9 heteroatoms. The third-order valence-electron chi connectivity index (χ3n) is 5.46. The monoisotopic (exact) mass is 502 g/mol. The molecular formula is C26H31ClN2O6. The van der Waals surface area contributed by atoms with E-state index in [-0.39, 0.29) is 25.0 Å². The number of aliphatic carboxylic acids is 1. The van der Waals surface area contributed by atoms with E-state index in [1.807, 2.05) is 37.8 Å². The molecule has 0 aliphatic carbocycles. The standard InChI is InChI=1S/C24H27ClN2O4.C2H4O2/c1-5-26(6-2)15-31-23(28)14-20-16(3)27(22-12-11-19(30-4)13-21(20)22)24(29)17-7-9-18(25)10-8-17;1-2(3)4/h7-13H,5-6,14-15H2,1-4H3;1H3,(H,3,4). The molecule has 35 heavy (non-hydrogen) atoms. The minimum atomic E-state index is -0.833. The van der Waals surface area contributed by atoms with Crippen LogP contribution in [-0.4, -0.2) is 59.3 Å². The lowest BCUT2D eigenvalue weighted by Crippen LogP contribution is -2.28. The van der Waals surface area contributed by atoms with Crippen LogP contribution in [-0.2, 0) is 20.7 Å². The Morgan fingerprint density at radius 3 is 2.20 bits per heavy atom. The van der Waals surface area contributed by atoms with Crippen molar-refractivity contribution in [2.45, 2.75) is 34.1 Å². The number of carboxylic acids is 1. The number of carbonyl (C=O) groups is 3. The van der Waals surface area contributed by atoms with Crippen molar-refractivity contribution >= 4 is 40.3 Å².